The van der Waals surface area contributed by atoms with E-state index in [0.717, 1.165) is 32.3 Å². The van der Waals surface area contributed by atoms with Gasteiger partial charge in [0.2, 0.25) is 5.76 Å². The summed E-state index contributed by atoms with van der Waals surface area (Å²) in [6, 6.07) is 15.8. The number of amides is 5. The molecule has 7 rings (SSSR count). The monoisotopic (exact) mass is 1210 g/mol. The van der Waals surface area contributed by atoms with Crippen molar-refractivity contribution >= 4 is 103 Å². The summed E-state index contributed by atoms with van der Waals surface area (Å²) in [4.78, 5) is 107. The Hall–Kier alpha value is -7.94. The molecule has 1 unspecified atom stereocenters. The molecule has 1 aromatic heterocycles. The van der Waals surface area contributed by atoms with E-state index in [1.54, 1.807) is 92.2 Å². The van der Waals surface area contributed by atoms with Gasteiger partial charge in [0, 0.05) is 23.8 Å². The van der Waals surface area contributed by atoms with E-state index in [1.807, 2.05) is 12.1 Å². The number of quaternary nitrogens is 1. The quantitative estimate of drug-likeness (QED) is 0.0169. The number of carbonyl (C=O) groups excluding carboxylic acids is 7. The van der Waals surface area contributed by atoms with Gasteiger partial charge >= 0.3 is 40.2 Å². The molecule has 3 aliphatic rings. The van der Waals surface area contributed by atoms with E-state index in [1.165, 1.54) is 17.5 Å². The number of hydrogen-bond donors (Lipinski definition) is 2. The van der Waals surface area contributed by atoms with Crippen LogP contribution in [0, 0.1) is 0 Å². The third-order valence-corrected chi connectivity index (χ3v) is 15.8. The van der Waals surface area contributed by atoms with Crippen LogP contribution in [0.4, 0.5) is 14.7 Å². The molecule has 0 aliphatic carbocycles. The van der Waals surface area contributed by atoms with Crippen LogP contribution in [0.15, 0.2) is 94.8 Å². The van der Waals surface area contributed by atoms with Crippen molar-refractivity contribution < 1.29 is 84.8 Å². The third-order valence-electron chi connectivity index (χ3n) is 13.0. The van der Waals surface area contributed by atoms with Crippen LogP contribution in [0.1, 0.15) is 81.6 Å². The molecular formula is C55H61B2ClN7O17S2+. The first kappa shape index (κ1) is 63.6. The van der Waals surface area contributed by atoms with Gasteiger partial charge in [-0.3, -0.25) is 28.8 Å². The predicted molar refractivity (Wildman–Crippen MR) is 307 cm³/mol. The Morgan fingerprint density at radius 2 is 1.49 bits per heavy atom. The number of hydrogen-bond acceptors (Lipinski definition) is 20. The Bertz CT molecular complexity index is 3270. The lowest BCUT2D eigenvalue weighted by atomic mass is 10.0. The average Bonchev–Trinajstić information content (AvgIpc) is 0.851. The molecule has 4 aromatic rings. The third kappa shape index (κ3) is 15.6. The lowest BCUT2D eigenvalue weighted by molar-refractivity contribution is -0.911. The fourth-order valence-electron chi connectivity index (χ4n) is 9.10. The molecule has 0 bridgehead atoms. The van der Waals surface area contributed by atoms with Gasteiger partial charge in [-0.2, -0.15) is 0 Å². The molecule has 24 nitrogen and oxygen atoms in total. The summed E-state index contributed by atoms with van der Waals surface area (Å²) in [6.45, 7) is 14.1. The summed E-state index contributed by atoms with van der Waals surface area (Å²) >= 11 is 7.99. The van der Waals surface area contributed by atoms with Gasteiger partial charge in [-0.25, -0.2) is 29.1 Å². The van der Waals surface area contributed by atoms with Crippen LogP contribution in [0.5, 0.6) is 23.0 Å². The molecular weight excluding hydrogens is 1150 g/mol. The minimum absolute atomic E-state index is 0.0000974. The van der Waals surface area contributed by atoms with Gasteiger partial charge in [-0.15, -0.1) is 11.3 Å². The van der Waals surface area contributed by atoms with E-state index in [4.69, 9.17) is 65.6 Å². The summed E-state index contributed by atoms with van der Waals surface area (Å²) < 4.78 is 57.6. The van der Waals surface area contributed by atoms with Crippen molar-refractivity contribution in [2.45, 2.75) is 90.2 Å². The van der Waals surface area contributed by atoms with Crippen LogP contribution in [0.25, 0.3) is 0 Å². The SMILES string of the molecule is [B]OC(=O)C(=C)O/N=C(\C(=O)N[C@@H]1C(=O)N2C(C(=O)O[B])=C(C[N+]3(CCN(C(=O)OC(C)(C)C)C(=O)c4ccc(OCc5ccc(OC)cc5)c(OCc5ccc(OC)cc5)c4Cl)CCCC3)CS(=O)[C@H]12)c1csc(NC(=O)OC(C)(C)C)n1. The second-order valence-electron chi connectivity index (χ2n) is 21.3. The number of β-lactam (4-membered cyclic amide) rings is 1. The number of thiazole rings is 1. The number of methoxy groups -OCH3 is 2. The molecule has 3 aromatic carbocycles. The number of anilines is 1. The molecule has 29 heteroatoms. The molecule has 442 valence electrons. The Morgan fingerprint density at radius 3 is 2.06 bits per heavy atom. The van der Waals surface area contributed by atoms with Crippen LogP contribution in [-0.4, -0.2) is 162 Å². The summed E-state index contributed by atoms with van der Waals surface area (Å²) in [5, 5.41) is 8.37. The largest absolute Gasteiger partial charge is 0.539 e. The fourth-order valence-corrected chi connectivity index (χ4v) is 11.7. The topological polar surface area (TPSA) is 275 Å². The van der Waals surface area contributed by atoms with Gasteiger partial charge in [0.15, 0.2) is 22.3 Å². The molecule has 5 amide bonds. The molecule has 2 saturated heterocycles. The minimum atomic E-state index is -2.02. The van der Waals surface area contributed by atoms with Crippen molar-refractivity contribution in [2.75, 3.05) is 58.0 Å². The molecule has 84 heavy (non-hydrogen) atoms. The van der Waals surface area contributed by atoms with Gasteiger partial charge in [-0.1, -0.05) is 41.0 Å². The normalized spacial score (nSPS) is 17.3. The Morgan fingerprint density at radius 1 is 0.881 bits per heavy atom. The smallest absolute Gasteiger partial charge is 0.417 e. The van der Waals surface area contributed by atoms with Crippen LogP contribution in [-0.2, 0) is 66.8 Å². The molecule has 3 aliphatic heterocycles. The van der Waals surface area contributed by atoms with Crippen molar-refractivity contribution in [1.82, 2.24) is 20.1 Å². The highest BCUT2D eigenvalue weighted by Crippen LogP contribution is 2.41. The highest BCUT2D eigenvalue weighted by Gasteiger charge is 2.58. The fraction of sp³-hybridized carbons (Fsp3) is 0.400. The van der Waals surface area contributed by atoms with Crippen molar-refractivity contribution in [3.63, 3.8) is 0 Å². The molecule has 4 radical (unpaired) electrons. The molecule has 0 spiro atoms. The van der Waals surface area contributed by atoms with Crippen molar-refractivity contribution in [2.24, 2.45) is 5.16 Å². The second-order valence-corrected chi connectivity index (χ2v) is 24.1. The molecule has 2 fully saturated rings. The van der Waals surface area contributed by atoms with Crippen molar-refractivity contribution in [3.8, 4) is 23.0 Å². The predicted octanol–water partition coefficient (Wildman–Crippen LogP) is 6.16. The highest BCUT2D eigenvalue weighted by atomic mass is 35.5. The molecule has 3 atom stereocenters. The highest BCUT2D eigenvalue weighted by molar-refractivity contribution is 7.86. The number of likely N-dealkylation sites (tertiary alicyclic amines) is 1. The Labute approximate surface area is 498 Å². The first-order chi connectivity index (χ1) is 39.8. The number of fused-ring (bicyclic) bond motifs is 1. The average molecular weight is 1210 g/mol. The Balaban J connectivity index is 1.15. The molecule has 2 N–H and O–H groups in total. The van der Waals surface area contributed by atoms with Crippen LogP contribution >= 0.6 is 22.9 Å². The van der Waals surface area contributed by atoms with Crippen molar-refractivity contribution in [1.29, 1.82) is 0 Å². The first-order valence-electron chi connectivity index (χ1n) is 26.0. The summed E-state index contributed by atoms with van der Waals surface area (Å²) in [5.41, 5.74) is -1.46. The molecule has 4 heterocycles. The lowest BCUT2D eigenvalue weighted by Gasteiger charge is -2.50. The van der Waals surface area contributed by atoms with Gasteiger partial charge in [0.25, 0.3) is 17.7 Å². The van der Waals surface area contributed by atoms with Gasteiger partial charge in [0.1, 0.15) is 65.3 Å². The van der Waals surface area contributed by atoms with E-state index >= 15 is 0 Å². The zero-order valence-electron chi connectivity index (χ0n) is 47.3. The van der Waals surface area contributed by atoms with Gasteiger partial charge < -0.3 is 52.4 Å². The Kier molecular flexibility index (Phi) is 20.6. The number of carbonyl (C=O) groups is 7. The van der Waals surface area contributed by atoms with Gasteiger partial charge in [0.05, 0.1) is 67.5 Å². The van der Waals surface area contributed by atoms with E-state index in [9.17, 15) is 37.8 Å². The van der Waals surface area contributed by atoms with Crippen molar-refractivity contribution in [3.05, 3.63) is 117 Å². The maximum atomic E-state index is 15.0. The molecule has 0 saturated carbocycles. The first-order valence-corrected chi connectivity index (χ1v) is 28.6. The van der Waals surface area contributed by atoms with E-state index in [0.29, 0.717) is 37.4 Å². The number of oxime groups is 1. The number of halogens is 1. The maximum absolute atomic E-state index is 15.0. The standard InChI is InChI=1S/C55H60B2ClN7O17S2/c1-31(49(69)80-56)82-62-41(38-29-83-51(59-38)61-52(71)78-54(2,3)4)45(66)60-42-47(68)64-43(50(70)81-57)34(30-84(73)48(42)64)26-65(23-10-11-24-65)25-22-63(53(72)79-55(5,6)7)46(67)37-20-21-39(76-27-32-12-16-35(74-8)17-13-32)44(40(37)58)77-28-33-14-18-36(75-9)19-15-33/h12-21,29,42,48H,1,10-11,22-28,30H2,2-9H3,(H-,59,60,61,66,71)/p+1/b62-41-/t42-,48-,84?/m1/s1. The van der Waals surface area contributed by atoms with Crippen LogP contribution < -0.4 is 29.6 Å². The number of rotatable bonds is 22. The maximum Gasteiger partial charge on any atom is 0.417 e. The van der Waals surface area contributed by atoms with Crippen LogP contribution in [0.3, 0.4) is 0 Å². The number of ether oxygens (including phenoxy) is 6. The van der Waals surface area contributed by atoms with E-state index in [2.05, 4.69) is 32.0 Å². The number of benzene rings is 3. The minimum Gasteiger partial charge on any atom is -0.539 e. The number of aromatic nitrogens is 1. The number of imide groups is 1. The number of nitrogens with one attached hydrogen (secondary N) is 2. The summed E-state index contributed by atoms with van der Waals surface area (Å²) in [7, 11) is 11.5. The van der Waals surface area contributed by atoms with Crippen LogP contribution in [0.2, 0.25) is 5.02 Å². The zero-order chi connectivity index (χ0) is 61.3. The van der Waals surface area contributed by atoms with E-state index < -0.39 is 86.7 Å². The summed E-state index contributed by atoms with van der Waals surface area (Å²) in [5.74, 6) is -4.79. The second kappa shape index (κ2) is 27.2. The van der Waals surface area contributed by atoms with Gasteiger partial charge in [-0.05, 0) is 95.6 Å². The lowest BCUT2D eigenvalue weighted by Crippen LogP contribution is -2.74. The summed E-state index contributed by atoms with van der Waals surface area (Å²) in [6.07, 6.45) is -0.492. The van der Waals surface area contributed by atoms with E-state index in [-0.39, 0.29) is 87.3 Å². The zero-order valence-corrected chi connectivity index (χ0v) is 49.7. The number of nitrogens with zero attached hydrogens (tertiary/aromatic N) is 5.